The van der Waals surface area contributed by atoms with Gasteiger partial charge in [-0.3, -0.25) is 0 Å². The molecule has 57 heavy (non-hydrogen) atoms. The van der Waals surface area contributed by atoms with Crippen molar-refractivity contribution in [3.63, 3.8) is 0 Å². The van der Waals surface area contributed by atoms with Gasteiger partial charge in [-0.15, -0.1) is 21.0 Å². The maximum absolute atomic E-state index is 7.50. The third kappa shape index (κ3) is 12.2. The van der Waals surface area contributed by atoms with E-state index in [4.69, 9.17) is 23.8 Å². The number of halogens is 1. The highest BCUT2D eigenvalue weighted by Gasteiger charge is 2.46. The molecule has 2 unspecified atom stereocenters. The molecule has 4 rings (SSSR count). The Balaban J connectivity index is 2.06. The summed E-state index contributed by atoms with van der Waals surface area (Å²) >= 11 is 4.26. The first kappa shape index (κ1) is 46.6. The number of rotatable bonds is 23. The van der Waals surface area contributed by atoms with Gasteiger partial charge in [0.2, 0.25) is 0 Å². The molecule has 4 aromatic rings. The monoisotopic (exact) mass is 944 g/mol. The molecule has 308 valence electrons. The fraction of sp³-hybridized carbons (Fsp3) is 0.400. The maximum atomic E-state index is 7.50. The molecule has 3 aromatic carbocycles. The molecule has 0 radical (unpaired) electrons. The van der Waals surface area contributed by atoms with E-state index in [-0.39, 0.29) is 0 Å². The lowest BCUT2D eigenvalue weighted by Gasteiger charge is -2.38. The van der Waals surface area contributed by atoms with Crippen LogP contribution in [0.5, 0.6) is 28.7 Å². The maximum Gasteiger partial charge on any atom is 0.252 e. The number of methoxy groups -OCH3 is 4. The highest BCUT2D eigenvalue weighted by atomic mass is 127. The minimum absolute atomic E-state index is 0.349. The van der Waals surface area contributed by atoms with Gasteiger partial charge in [0, 0.05) is 64.2 Å². The molecule has 0 aliphatic carbocycles. The van der Waals surface area contributed by atoms with Gasteiger partial charge in [0.05, 0.1) is 40.7 Å². The summed E-state index contributed by atoms with van der Waals surface area (Å²) in [6.07, 6.45) is 12.7. The molecular weight excluding hydrogens is 885 g/mol. The van der Waals surface area contributed by atoms with E-state index in [1.54, 1.807) is 37.4 Å². The van der Waals surface area contributed by atoms with Crippen molar-refractivity contribution in [1.29, 1.82) is 0 Å². The van der Waals surface area contributed by atoms with Gasteiger partial charge in [-0.1, -0.05) is 64.1 Å². The van der Waals surface area contributed by atoms with Crippen molar-refractivity contribution >= 4 is 62.1 Å². The van der Waals surface area contributed by atoms with E-state index in [0.29, 0.717) is 35.3 Å². The molecule has 12 heteroatoms. The van der Waals surface area contributed by atoms with Crippen molar-refractivity contribution in [2.45, 2.75) is 76.8 Å². The number of ether oxygens (including phenoxy) is 4. The minimum Gasteiger partial charge on any atom is -0.496 e. The Labute approximate surface area is 364 Å². The first-order chi connectivity index (χ1) is 27.6. The summed E-state index contributed by atoms with van der Waals surface area (Å²) in [7, 11) is 11.5. The normalized spacial score (nSPS) is 13.1. The van der Waals surface area contributed by atoms with Crippen molar-refractivity contribution in [2.24, 2.45) is 0 Å². The molecule has 0 spiro atoms. The Kier molecular flexibility index (Phi) is 19.2. The van der Waals surface area contributed by atoms with Crippen molar-refractivity contribution < 1.29 is 28.4 Å². The number of aromatic nitrogens is 1. The second kappa shape index (κ2) is 23.5. The fourth-order valence-corrected chi connectivity index (χ4v) is 9.64. The summed E-state index contributed by atoms with van der Waals surface area (Å²) in [6.45, 7) is 11.2. The van der Waals surface area contributed by atoms with Crippen molar-refractivity contribution in [3.8, 4) is 28.7 Å². The van der Waals surface area contributed by atoms with Crippen molar-refractivity contribution in [2.75, 3.05) is 51.8 Å². The fourth-order valence-electron chi connectivity index (χ4n) is 6.92. The zero-order chi connectivity index (χ0) is 41.4. The number of hydrogen-bond donors (Lipinski definition) is 1. The van der Waals surface area contributed by atoms with Crippen LogP contribution in [0.2, 0.25) is 0 Å². The van der Waals surface area contributed by atoms with Crippen LogP contribution in [0.4, 0.5) is 5.69 Å². The van der Waals surface area contributed by atoms with Crippen LogP contribution in [0.3, 0.4) is 0 Å². The van der Waals surface area contributed by atoms with Gasteiger partial charge in [0.25, 0.3) is 5.66 Å². The topological polar surface area (TPSA) is 65.3 Å². The number of hydrogen-bond acceptors (Lipinski definition) is 9. The minimum atomic E-state index is -0.698. The molecule has 0 saturated carbocycles. The molecule has 0 bridgehead atoms. The summed E-state index contributed by atoms with van der Waals surface area (Å²) in [5, 5.41) is 6.82. The van der Waals surface area contributed by atoms with Gasteiger partial charge >= 0.3 is 0 Å². The number of anilines is 1. The van der Waals surface area contributed by atoms with Gasteiger partial charge in [-0.25, -0.2) is 0 Å². The quantitative estimate of drug-likeness (QED) is 0.0149. The first-order valence-corrected chi connectivity index (χ1v) is 24.4. The number of unbranched alkanes of at least 4 members (excludes halogenated alkanes) is 1. The molecule has 0 saturated heterocycles. The van der Waals surface area contributed by atoms with Crippen molar-refractivity contribution in [3.05, 3.63) is 114 Å². The number of benzene rings is 3. The van der Waals surface area contributed by atoms with E-state index < -0.39 is 11.6 Å². The number of nitrogens with one attached hydrogen (secondary N) is 1. The molecule has 2 atom stereocenters. The number of thioether (sulfide) groups is 1. The van der Waals surface area contributed by atoms with Crippen LogP contribution in [-0.2, 0) is 5.66 Å². The van der Waals surface area contributed by atoms with Crippen LogP contribution in [0.1, 0.15) is 77.3 Å². The van der Waals surface area contributed by atoms with Crippen molar-refractivity contribution in [1.82, 2.24) is 5.06 Å². The standard InChI is InChI=1S/C45H60IN3O5PS2/c1-10-12-26-56-34-29-36(47-33(4)28-32(3)18-11-2)44(41(55)30-34)54-49(45(5,23-27-57-46)48-24-14-13-15-25-48)31-35(42-37(50-6)19-16-20-38(42)51-7)43-39(52-8)21-17-22-40(43)53-9/h13-22,24-25,28-30,35,47H,10-12,23,26-27,31,55H2,1-9H3/q+1/b32-18-,33-28-. The van der Waals surface area contributed by atoms with E-state index in [1.165, 1.54) is 10.5 Å². The summed E-state index contributed by atoms with van der Waals surface area (Å²) in [6, 6.07) is 22.4. The number of pyridine rings is 1. The molecule has 1 heterocycles. The lowest BCUT2D eigenvalue weighted by Crippen LogP contribution is -2.66. The third-order valence-electron chi connectivity index (χ3n) is 9.80. The molecule has 1 N–H and O–H groups in total. The van der Waals surface area contributed by atoms with Crippen LogP contribution in [0, 0.1) is 0 Å². The Hall–Kier alpha value is -3.09. The second-order valence-corrected chi connectivity index (χ2v) is 18.1. The average molecular weight is 945 g/mol. The largest absolute Gasteiger partial charge is 0.496 e. The first-order valence-electron chi connectivity index (χ1n) is 19.3. The highest BCUT2D eigenvalue weighted by molar-refractivity contribution is 14.2. The molecule has 0 amide bonds. The highest BCUT2D eigenvalue weighted by Crippen LogP contribution is 2.47. The van der Waals surface area contributed by atoms with Crippen LogP contribution >= 0.6 is 51.1 Å². The predicted octanol–water partition coefficient (Wildman–Crippen LogP) is 11.3. The van der Waals surface area contributed by atoms with Gasteiger partial charge in [-0.2, -0.15) is 4.57 Å². The molecule has 0 aliphatic rings. The Morgan fingerprint density at radius 3 is 1.96 bits per heavy atom. The summed E-state index contributed by atoms with van der Waals surface area (Å²) in [4.78, 5) is 8.68. The summed E-state index contributed by atoms with van der Waals surface area (Å²) < 4.78 is 26.6. The lowest BCUT2D eigenvalue weighted by molar-refractivity contribution is -0.796. The Morgan fingerprint density at radius 2 is 1.46 bits per heavy atom. The Morgan fingerprint density at radius 1 is 0.877 bits per heavy atom. The van der Waals surface area contributed by atoms with E-state index in [9.17, 15) is 0 Å². The molecular formula is C45H60IN3O5PS2+. The van der Waals surface area contributed by atoms with Crippen LogP contribution in [0.25, 0.3) is 0 Å². The average Bonchev–Trinajstić information content (AvgIpc) is 3.22. The SMILES string of the molecule is CC/C=C(C)\C=C(\C)Nc1cc(SCCCC)cc(P)c1ON(CC(c1c(OC)cccc1OC)c1c(OC)cccc1OC)C(C)(CCSI)[n+]1ccccc1. The second-order valence-electron chi connectivity index (χ2n) is 13.8. The predicted molar refractivity (Wildman–Crippen MR) is 252 cm³/mol. The van der Waals surface area contributed by atoms with Crippen LogP contribution < -0.4 is 39.0 Å². The lowest BCUT2D eigenvalue weighted by atomic mass is 9.87. The molecule has 1 aromatic heterocycles. The zero-order valence-corrected chi connectivity index (χ0v) is 39.8. The summed E-state index contributed by atoms with van der Waals surface area (Å²) in [5.74, 6) is 4.94. The summed E-state index contributed by atoms with van der Waals surface area (Å²) in [5.41, 5.74) is 4.12. The van der Waals surface area contributed by atoms with Gasteiger partial charge in [0.15, 0.2) is 18.1 Å². The number of nitrogens with zero attached hydrogens (tertiary/aromatic N) is 2. The van der Waals surface area contributed by atoms with E-state index >= 15 is 0 Å². The third-order valence-corrected chi connectivity index (χ3v) is 13.0. The molecule has 0 fully saturated rings. The van der Waals surface area contributed by atoms with Gasteiger partial charge < -0.3 is 29.1 Å². The van der Waals surface area contributed by atoms with Gasteiger partial charge in [0.1, 0.15) is 23.0 Å². The van der Waals surface area contributed by atoms with E-state index in [2.05, 4.69) is 129 Å². The van der Waals surface area contributed by atoms with Gasteiger partial charge in [-0.05, 0) is 96.1 Å². The molecule has 8 nitrogen and oxygen atoms in total. The Bertz CT molecular complexity index is 1850. The van der Waals surface area contributed by atoms with Crippen LogP contribution in [0.15, 0.2) is 107 Å². The van der Waals surface area contributed by atoms with E-state index in [0.717, 1.165) is 65.0 Å². The smallest absolute Gasteiger partial charge is 0.252 e. The number of allylic oxidation sites excluding steroid dienone is 4. The molecule has 0 aliphatic heterocycles. The van der Waals surface area contributed by atoms with Crippen LogP contribution in [-0.4, -0.2) is 51.6 Å². The zero-order valence-electron chi connectivity index (χ0n) is 34.9. The van der Waals surface area contributed by atoms with E-state index in [1.807, 2.05) is 54.2 Å². The number of hydroxylamine groups is 2.